The van der Waals surface area contributed by atoms with Crippen molar-refractivity contribution >= 4 is 12.4 Å². The Labute approximate surface area is 129 Å². The number of benzene rings is 1. The topological polar surface area (TPSA) is 60.2 Å². The molecule has 2 aromatic rings. The first-order valence-corrected chi connectivity index (χ1v) is 7.20. The van der Waals surface area contributed by atoms with E-state index < -0.39 is 0 Å². The van der Waals surface area contributed by atoms with Crippen LogP contribution in [0.25, 0.3) is 11.4 Å². The summed E-state index contributed by atoms with van der Waals surface area (Å²) < 4.78 is 11.0. The molecule has 21 heavy (non-hydrogen) atoms. The molecule has 1 unspecified atom stereocenters. The van der Waals surface area contributed by atoms with Gasteiger partial charge in [0.15, 0.2) is 0 Å². The lowest BCUT2D eigenvalue weighted by Crippen LogP contribution is -2.28. The van der Waals surface area contributed by atoms with E-state index in [1.54, 1.807) is 0 Å². The fraction of sp³-hybridized carbons (Fsp3) is 0.467. The highest BCUT2D eigenvalue weighted by Gasteiger charge is 2.22. The SMILES string of the molecule is Cl.c1cc2c(cc1-c1noc(C3CCCNC3)n1)CCO2. The van der Waals surface area contributed by atoms with E-state index in [4.69, 9.17) is 9.26 Å². The van der Waals surface area contributed by atoms with Crippen molar-refractivity contribution in [3.63, 3.8) is 0 Å². The molecule has 6 heteroatoms. The van der Waals surface area contributed by atoms with Gasteiger partial charge in [-0.25, -0.2) is 0 Å². The van der Waals surface area contributed by atoms with Gasteiger partial charge in [-0.2, -0.15) is 4.98 Å². The van der Waals surface area contributed by atoms with Crippen molar-refractivity contribution in [3.05, 3.63) is 29.7 Å². The minimum Gasteiger partial charge on any atom is -0.493 e. The summed E-state index contributed by atoms with van der Waals surface area (Å²) in [5, 5.41) is 7.50. The molecule has 0 aliphatic carbocycles. The summed E-state index contributed by atoms with van der Waals surface area (Å²) in [7, 11) is 0. The fourth-order valence-corrected chi connectivity index (χ4v) is 2.91. The van der Waals surface area contributed by atoms with Crippen LogP contribution in [0.4, 0.5) is 0 Å². The van der Waals surface area contributed by atoms with Crippen molar-refractivity contribution < 1.29 is 9.26 Å². The van der Waals surface area contributed by atoms with Crippen molar-refractivity contribution in [3.8, 4) is 17.1 Å². The second-order valence-corrected chi connectivity index (χ2v) is 5.42. The van der Waals surface area contributed by atoms with Gasteiger partial charge in [-0.05, 0) is 43.1 Å². The molecular formula is C15H18ClN3O2. The van der Waals surface area contributed by atoms with Crippen LogP contribution in [0.3, 0.4) is 0 Å². The summed E-state index contributed by atoms with van der Waals surface area (Å²) in [6, 6.07) is 6.10. The molecule has 0 amide bonds. The smallest absolute Gasteiger partial charge is 0.231 e. The molecule has 112 valence electrons. The van der Waals surface area contributed by atoms with Crippen LogP contribution < -0.4 is 10.1 Å². The van der Waals surface area contributed by atoms with Crippen molar-refractivity contribution in [1.82, 2.24) is 15.5 Å². The summed E-state index contributed by atoms with van der Waals surface area (Å²) >= 11 is 0. The molecule has 2 aliphatic heterocycles. The maximum atomic E-state index is 5.52. The van der Waals surface area contributed by atoms with E-state index in [2.05, 4.69) is 21.5 Å². The Morgan fingerprint density at radius 2 is 2.24 bits per heavy atom. The highest BCUT2D eigenvalue weighted by atomic mass is 35.5. The molecule has 1 fully saturated rings. The highest BCUT2D eigenvalue weighted by molar-refractivity contribution is 5.85. The first kappa shape index (κ1) is 14.4. The Kier molecular flexibility index (Phi) is 4.12. The maximum absolute atomic E-state index is 5.52. The van der Waals surface area contributed by atoms with E-state index in [0.717, 1.165) is 49.7 Å². The number of fused-ring (bicyclic) bond motifs is 1. The number of nitrogens with one attached hydrogen (secondary N) is 1. The van der Waals surface area contributed by atoms with Gasteiger partial charge in [0.25, 0.3) is 0 Å². The lowest BCUT2D eigenvalue weighted by Gasteiger charge is -2.18. The summed E-state index contributed by atoms with van der Waals surface area (Å²) in [4.78, 5) is 4.57. The van der Waals surface area contributed by atoms with Crippen molar-refractivity contribution in [2.45, 2.75) is 25.2 Å². The standard InChI is InChI=1S/C15H17N3O2.ClH/c1-2-12(9-16-6-1)15-17-14(18-20-15)11-3-4-13-10(8-11)5-7-19-13;/h3-4,8,12,16H,1-2,5-7,9H2;1H. The number of hydrogen-bond donors (Lipinski definition) is 1. The van der Waals surface area contributed by atoms with Gasteiger partial charge in [0.2, 0.25) is 11.7 Å². The van der Waals surface area contributed by atoms with Crippen LogP contribution in [0.2, 0.25) is 0 Å². The van der Waals surface area contributed by atoms with Gasteiger partial charge in [-0.3, -0.25) is 0 Å². The predicted molar refractivity (Wildman–Crippen MR) is 81.0 cm³/mol. The minimum absolute atomic E-state index is 0. The molecule has 2 aliphatic rings. The first-order valence-electron chi connectivity index (χ1n) is 7.20. The van der Waals surface area contributed by atoms with E-state index in [9.17, 15) is 0 Å². The van der Waals surface area contributed by atoms with Crippen LogP contribution in [0, 0.1) is 0 Å². The second-order valence-electron chi connectivity index (χ2n) is 5.42. The molecule has 0 saturated carbocycles. The monoisotopic (exact) mass is 307 g/mol. The van der Waals surface area contributed by atoms with Crippen LogP contribution >= 0.6 is 12.4 Å². The van der Waals surface area contributed by atoms with E-state index in [-0.39, 0.29) is 12.4 Å². The van der Waals surface area contributed by atoms with Crippen LogP contribution in [-0.2, 0) is 6.42 Å². The average Bonchev–Trinajstić information content (AvgIpc) is 3.16. The Bertz CT molecular complexity index is 623. The zero-order chi connectivity index (χ0) is 13.4. The molecule has 1 atom stereocenters. The minimum atomic E-state index is 0. The molecule has 5 nitrogen and oxygen atoms in total. The van der Waals surface area contributed by atoms with Gasteiger partial charge in [-0.1, -0.05) is 5.16 Å². The fourth-order valence-electron chi connectivity index (χ4n) is 2.91. The van der Waals surface area contributed by atoms with E-state index in [1.165, 1.54) is 12.0 Å². The van der Waals surface area contributed by atoms with Crippen molar-refractivity contribution in [2.75, 3.05) is 19.7 Å². The molecule has 1 N–H and O–H groups in total. The van der Waals surface area contributed by atoms with Crippen molar-refractivity contribution in [1.29, 1.82) is 0 Å². The molecular weight excluding hydrogens is 290 g/mol. The molecule has 4 rings (SSSR count). The molecule has 1 saturated heterocycles. The Hall–Kier alpha value is -1.59. The Morgan fingerprint density at radius 1 is 1.29 bits per heavy atom. The van der Waals surface area contributed by atoms with Gasteiger partial charge in [-0.15, -0.1) is 12.4 Å². The third-order valence-corrected chi connectivity index (χ3v) is 4.04. The number of piperidine rings is 1. The number of aromatic nitrogens is 2. The number of nitrogens with zero attached hydrogens (tertiary/aromatic N) is 2. The number of ether oxygens (including phenoxy) is 1. The Balaban J connectivity index is 0.00000132. The largest absolute Gasteiger partial charge is 0.493 e. The summed E-state index contributed by atoms with van der Waals surface area (Å²) in [6.07, 6.45) is 3.24. The van der Waals surface area contributed by atoms with Gasteiger partial charge in [0.1, 0.15) is 5.75 Å². The third-order valence-electron chi connectivity index (χ3n) is 4.04. The summed E-state index contributed by atoms with van der Waals surface area (Å²) in [6.45, 7) is 2.78. The zero-order valence-electron chi connectivity index (χ0n) is 11.7. The zero-order valence-corrected chi connectivity index (χ0v) is 12.5. The van der Waals surface area contributed by atoms with E-state index in [0.29, 0.717) is 11.7 Å². The molecule has 1 aromatic heterocycles. The van der Waals surface area contributed by atoms with Crippen LogP contribution in [0.5, 0.6) is 5.75 Å². The molecule has 3 heterocycles. The third kappa shape index (κ3) is 2.76. The quantitative estimate of drug-likeness (QED) is 0.924. The van der Waals surface area contributed by atoms with Crippen LogP contribution in [0.1, 0.15) is 30.2 Å². The lowest BCUT2D eigenvalue weighted by molar-refractivity contribution is 0.322. The van der Waals surface area contributed by atoms with Gasteiger partial charge in [0, 0.05) is 18.5 Å². The molecule has 0 radical (unpaired) electrons. The Morgan fingerprint density at radius 3 is 3.10 bits per heavy atom. The normalized spacial score (nSPS) is 20.5. The number of rotatable bonds is 2. The number of halogens is 1. The molecule has 0 spiro atoms. The predicted octanol–water partition coefficient (Wildman–Crippen LogP) is 2.56. The van der Waals surface area contributed by atoms with Gasteiger partial charge >= 0.3 is 0 Å². The first-order chi connectivity index (χ1) is 9.90. The van der Waals surface area contributed by atoms with Crippen LogP contribution in [0.15, 0.2) is 22.7 Å². The summed E-state index contributed by atoms with van der Waals surface area (Å²) in [5.74, 6) is 2.76. The van der Waals surface area contributed by atoms with Gasteiger partial charge < -0.3 is 14.6 Å². The lowest BCUT2D eigenvalue weighted by atomic mass is 10.00. The molecule has 0 bridgehead atoms. The average molecular weight is 308 g/mol. The van der Waals surface area contributed by atoms with Crippen molar-refractivity contribution in [2.24, 2.45) is 0 Å². The maximum Gasteiger partial charge on any atom is 0.231 e. The highest BCUT2D eigenvalue weighted by Crippen LogP contribution is 2.30. The molecule has 1 aromatic carbocycles. The van der Waals surface area contributed by atoms with Gasteiger partial charge in [0.05, 0.1) is 12.5 Å². The van der Waals surface area contributed by atoms with E-state index in [1.807, 2.05) is 12.1 Å². The van der Waals surface area contributed by atoms with Crippen LogP contribution in [-0.4, -0.2) is 29.8 Å². The summed E-state index contributed by atoms with van der Waals surface area (Å²) in [5.41, 5.74) is 2.24. The second kappa shape index (κ2) is 6.03. The van der Waals surface area contributed by atoms with E-state index >= 15 is 0 Å². The number of hydrogen-bond acceptors (Lipinski definition) is 5.